The molecule has 0 amide bonds. The molecule has 0 heterocycles. The summed E-state index contributed by atoms with van der Waals surface area (Å²) >= 11 is 0. The van der Waals surface area contributed by atoms with Crippen LogP contribution >= 0.6 is 0 Å². The van der Waals surface area contributed by atoms with Crippen LogP contribution in [0.2, 0.25) is 0 Å². The lowest BCUT2D eigenvalue weighted by atomic mass is 9.95. The second-order valence-electron chi connectivity index (χ2n) is 3.24. The van der Waals surface area contributed by atoms with Gasteiger partial charge in [0.25, 0.3) is 0 Å². The molecule has 0 aliphatic heterocycles. The van der Waals surface area contributed by atoms with Crippen molar-refractivity contribution in [1.82, 2.24) is 0 Å². The first kappa shape index (κ1) is 10.6. The fourth-order valence-electron chi connectivity index (χ4n) is 0.762. The molecule has 0 fully saturated rings. The van der Waals surface area contributed by atoms with Gasteiger partial charge in [-0.3, -0.25) is 4.79 Å². The molecule has 1 atom stereocenters. The van der Waals surface area contributed by atoms with E-state index in [1.165, 1.54) is 0 Å². The molecule has 0 aromatic heterocycles. The lowest BCUT2D eigenvalue weighted by molar-refractivity contribution is -0.120. The van der Waals surface area contributed by atoms with E-state index in [2.05, 4.69) is 0 Å². The zero-order chi connectivity index (χ0) is 8.91. The van der Waals surface area contributed by atoms with E-state index in [1.807, 2.05) is 13.8 Å². The van der Waals surface area contributed by atoms with Crippen LogP contribution in [0.25, 0.3) is 0 Å². The Kier molecular flexibility index (Phi) is 4.34. The fraction of sp³-hybridized carbons (Fsp3) is 0.889. The number of rotatable bonds is 5. The van der Waals surface area contributed by atoms with E-state index in [-0.39, 0.29) is 5.78 Å². The Hall–Kier alpha value is -0.370. The molecule has 0 aromatic rings. The molecule has 0 aromatic carbocycles. The molecule has 1 N–H and O–H groups in total. The Morgan fingerprint density at radius 3 is 2.36 bits per heavy atom. The lowest BCUT2D eigenvalue weighted by Crippen LogP contribution is -2.23. The number of carbonyl (C=O) groups is 1. The Balaban J connectivity index is 3.61. The summed E-state index contributed by atoms with van der Waals surface area (Å²) in [4.78, 5) is 10.9. The molecular weight excluding hydrogens is 140 g/mol. The van der Waals surface area contributed by atoms with Crippen molar-refractivity contribution in [2.24, 2.45) is 0 Å². The zero-order valence-corrected chi connectivity index (χ0v) is 7.68. The maximum atomic E-state index is 10.9. The summed E-state index contributed by atoms with van der Waals surface area (Å²) in [5, 5.41) is 9.52. The van der Waals surface area contributed by atoms with Crippen LogP contribution in [-0.2, 0) is 4.79 Å². The molecule has 0 rings (SSSR count). The molecule has 0 bridgehead atoms. The number of hydrogen-bond acceptors (Lipinski definition) is 2. The van der Waals surface area contributed by atoms with Crippen molar-refractivity contribution in [2.45, 2.75) is 52.1 Å². The van der Waals surface area contributed by atoms with Gasteiger partial charge in [-0.25, -0.2) is 0 Å². The summed E-state index contributed by atoms with van der Waals surface area (Å²) < 4.78 is 0. The number of Topliss-reactive ketones (excluding diaryl/α,β-unsaturated/α-hetero) is 1. The smallest absolute Gasteiger partial charge is 0.132 e. The molecule has 11 heavy (non-hydrogen) atoms. The van der Waals surface area contributed by atoms with Crippen LogP contribution in [0.5, 0.6) is 0 Å². The Bertz CT molecular complexity index is 128. The Morgan fingerprint density at radius 2 is 2.00 bits per heavy atom. The molecule has 0 aliphatic carbocycles. The van der Waals surface area contributed by atoms with E-state index >= 15 is 0 Å². The minimum atomic E-state index is -0.648. The highest BCUT2D eigenvalue weighted by molar-refractivity contribution is 5.78. The maximum absolute atomic E-state index is 10.9. The van der Waals surface area contributed by atoms with E-state index in [0.29, 0.717) is 25.7 Å². The maximum Gasteiger partial charge on any atom is 0.132 e. The average molecular weight is 158 g/mol. The number of aliphatic hydroxyl groups is 1. The van der Waals surface area contributed by atoms with Gasteiger partial charge >= 0.3 is 0 Å². The molecule has 2 nitrogen and oxygen atoms in total. The molecule has 1 unspecified atom stereocenters. The van der Waals surface area contributed by atoms with Crippen LogP contribution in [0.15, 0.2) is 0 Å². The van der Waals surface area contributed by atoms with Gasteiger partial charge in [0.1, 0.15) is 5.78 Å². The number of carbonyl (C=O) groups excluding carboxylic acids is 1. The van der Waals surface area contributed by atoms with Gasteiger partial charge < -0.3 is 5.11 Å². The summed E-state index contributed by atoms with van der Waals surface area (Å²) in [6.45, 7) is 5.55. The van der Waals surface area contributed by atoms with Crippen molar-refractivity contribution in [1.29, 1.82) is 0 Å². The third-order valence-electron chi connectivity index (χ3n) is 2.10. The summed E-state index contributed by atoms with van der Waals surface area (Å²) in [7, 11) is 0. The molecule has 66 valence electrons. The highest BCUT2D eigenvalue weighted by Gasteiger charge is 2.17. The molecule has 2 heteroatoms. The average Bonchev–Trinajstić information content (AvgIpc) is 2.00. The highest BCUT2D eigenvalue weighted by Crippen LogP contribution is 2.16. The van der Waals surface area contributed by atoms with Crippen LogP contribution in [-0.4, -0.2) is 16.5 Å². The van der Waals surface area contributed by atoms with Gasteiger partial charge in [-0.05, 0) is 19.8 Å². The lowest BCUT2D eigenvalue weighted by Gasteiger charge is -2.20. The molecular formula is C9H18O2. The first-order valence-corrected chi connectivity index (χ1v) is 4.26. The summed E-state index contributed by atoms with van der Waals surface area (Å²) in [5.41, 5.74) is -0.648. The SMILES string of the molecule is CCC(=O)CCC(C)(O)CC. The van der Waals surface area contributed by atoms with Crippen molar-refractivity contribution in [3.63, 3.8) is 0 Å². The summed E-state index contributed by atoms with van der Waals surface area (Å²) in [6.07, 6.45) is 2.40. The van der Waals surface area contributed by atoms with Crippen LogP contribution in [0.4, 0.5) is 0 Å². The van der Waals surface area contributed by atoms with Gasteiger partial charge in [-0.1, -0.05) is 13.8 Å². The summed E-state index contributed by atoms with van der Waals surface area (Å²) in [6, 6.07) is 0. The van der Waals surface area contributed by atoms with E-state index < -0.39 is 5.60 Å². The van der Waals surface area contributed by atoms with Crippen molar-refractivity contribution < 1.29 is 9.90 Å². The normalized spacial score (nSPS) is 16.0. The standard InChI is InChI=1S/C9H18O2/c1-4-8(10)6-7-9(3,11)5-2/h11H,4-7H2,1-3H3. The Labute approximate surface area is 68.6 Å². The van der Waals surface area contributed by atoms with E-state index in [1.54, 1.807) is 6.92 Å². The minimum Gasteiger partial charge on any atom is -0.390 e. The first-order chi connectivity index (χ1) is 5.02. The van der Waals surface area contributed by atoms with Crippen molar-refractivity contribution in [2.75, 3.05) is 0 Å². The minimum absolute atomic E-state index is 0.235. The molecule has 0 radical (unpaired) electrons. The monoisotopic (exact) mass is 158 g/mol. The van der Waals surface area contributed by atoms with Crippen molar-refractivity contribution in [3.8, 4) is 0 Å². The molecule has 0 saturated carbocycles. The molecule has 0 aliphatic rings. The zero-order valence-electron chi connectivity index (χ0n) is 7.68. The third kappa shape index (κ3) is 4.96. The van der Waals surface area contributed by atoms with Crippen molar-refractivity contribution >= 4 is 5.78 Å². The molecule has 0 spiro atoms. The molecule has 0 saturated heterocycles. The van der Waals surface area contributed by atoms with Gasteiger partial charge in [0, 0.05) is 12.8 Å². The second-order valence-corrected chi connectivity index (χ2v) is 3.24. The number of ketones is 1. The van der Waals surface area contributed by atoms with E-state index in [4.69, 9.17) is 0 Å². The van der Waals surface area contributed by atoms with Crippen LogP contribution in [0.3, 0.4) is 0 Å². The van der Waals surface area contributed by atoms with Crippen molar-refractivity contribution in [3.05, 3.63) is 0 Å². The van der Waals surface area contributed by atoms with Crippen LogP contribution < -0.4 is 0 Å². The topological polar surface area (TPSA) is 37.3 Å². The second kappa shape index (κ2) is 4.50. The van der Waals surface area contributed by atoms with Gasteiger partial charge in [0.2, 0.25) is 0 Å². The summed E-state index contributed by atoms with van der Waals surface area (Å²) in [5.74, 6) is 0.235. The number of hydrogen-bond donors (Lipinski definition) is 1. The predicted molar refractivity (Wildman–Crippen MR) is 45.4 cm³/mol. The predicted octanol–water partition coefficient (Wildman–Crippen LogP) is 1.91. The largest absolute Gasteiger partial charge is 0.390 e. The first-order valence-electron chi connectivity index (χ1n) is 4.26. The highest BCUT2D eigenvalue weighted by atomic mass is 16.3. The van der Waals surface area contributed by atoms with Crippen LogP contribution in [0.1, 0.15) is 46.5 Å². The van der Waals surface area contributed by atoms with E-state index in [0.717, 1.165) is 0 Å². The van der Waals surface area contributed by atoms with Gasteiger partial charge in [0.15, 0.2) is 0 Å². The van der Waals surface area contributed by atoms with Gasteiger partial charge in [-0.15, -0.1) is 0 Å². The van der Waals surface area contributed by atoms with E-state index in [9.17, 15) is 9.90 Å². The Morgan fingerprint density at radius 1 is 1.45 bits per heavy atom. The fourth-order valence-corrected chi connectivity index (χ4v) is 0.762. The van der Waals surface area contributed by atoms with Gasteiger partial charge in [0.05, 0.1) is 5.60 Å². The van der Waals surface area contributed by atoms with Crippen LogP contribution in [0, 0.1) is 0 Å². The van der Waals surface area contributed by atoms with Gasteiger partial charge in [-0.2, -0.15) is 0 Å². The quantitative estimate of drug-likeness (QED) is 0.663. The third-order valence-corrected chi connectivity index (χ3v) is 2.10.